The number of nitrogens with zero attached hydrogens (tertiary/aromatic N) is 2. The fourth-order valence-electron chi connectivity index (χ4n) is 3.12. The van der Waals surface area contributed by atoms with E-state index in [0.717, 1.165) is 21.5 Å². The summed E-state index contributed by atoms with van der Waals surface area (Å²) in [6, 6.07) is -0.958. The van der Waals surface area contributed by atoms with E-state index in [1.165, 1.54) is 4.90 Å². The van der Waals surface area contributed by atoms with E-state index < -0.39 is 12.1 Å². The molecule has 1 aliphatic heterocycles. The van der Waals surface area contributed by atoms with E-state index in [4.69, 9.17) is 4.74 Å². The summed E-state index contributed by atoms with van der Waals surface area (Å²) in [7, 11) is 1.69. The van der Waals surface area contributed by atoms with Crippen LogP contribution in [-0.2, 0) is 16.1 Å². The molecular weight excluding hydrogens is 488 g/mol. The monoisotopic (exact) mass is 526 g/mol. The number of carbonyl (C=O) groups excluding carboxylic acids is 3. The van der Waals surface area contributed by atoms with Crippen LogP contribution in [0.5, 0.6) is 0 Å². The number of hydrogen-bond donors (Lipinski definition) is 4. The van der Waals surface area contributed by atoms with Gasteiger partial charge in [0, 0.05) is 42.5 Å². The molecule has 12 heteroatoms. The Balaban J connectivity index is 1.65. The second kappa shape index (κ2) is 14.8. The lowest BCUT2D eigenvalue weighted by Gasteiger charge is -2.25. The second-order valence-corrected chi connectivity index (χ2v) is 11.0. The molecular formula is C23H38N6O4S2. The molecule has 4 amide bonds. The lowest BCUT2D eigenvalue weighted by atomic mass is 10.0. The van der Waals surface area contributed by atoms with E-state index in [0.29, 0.717) is 38.4 Å². The third kappa shape index (κ3) is 10.4. The summed E-state index contributed by atoms with van der Waals surface area (Å²) in [5.41, 5.74) is 0.839. The molecule has 0 aliphatic carbocycles. The van der Waals surface area contributed by atoms with Crippen LogP contribution in [0.4, 0.5) is 9.59 Å². The van der Waals surface area contributed by atoms with E-state index in [9.17, 15) is 14.4 Å². The Kier molecular flexibility index (Phi) is 12.2. The highest BCUT2D eigenvalue weighted by atomic mass is 32.2. The Labute approximate surface area is 216 Å². The molecule has 0 radical (unpaired) electrons. The normalized spacial score (nSPS) is 13.7. The first-order valence-corrected chi connectivity index (χ1v) is 13.7. The van der Waals surface area contributed by atoms with Crippen LogP contribution >= 0.6 is 23.1 Å². The van der Waals surface area contributed by atoms with Crippen LogP contribution in [0.3, 0.4) is 0 Å². The predicted octanol–water partition coefficient (Wildman–Crippen LogP) is 3.19. The summed E-state index contributed by atoms with van der Waals surface area (Å²) in [6.45, 7) is 9.52. The zero-order valence-electron chi connectivity index (χ0n) is 21.2. The van der Waals surface area contributed by atoms with Crippen molar-refractivity contribution in [3.8, 4) is 0 Å². The molecule has 1 atom stereocenters. The van der Waals surface area contributed by atoms with Crippen molar-refractivity contribution in [3.63, 3.8) is 0 Å². The van der Waals surface area contributed by atoms with Gasteiger partial charge in [0.15, 0.2) is 0 Å². The van der Waals surface area contributed by atoms with Crippen LogP contribution in [0.1, 0.15) is 57.2 Å². The molecule has 0 bridgehead atoms. The Morgan fingerprint density at radius 1 is 1.17 bits per heavy atom. The third-order valence-electron chi connectivity index (χ3n) is 5.16. The summed E-state index contributed by atoms with van der Waals surface area (Å²) in [5, 5.41) is 14.5. The number of nitrogens with one attached hydrogen (secondary N) is 4. The Morgan fingerprint density at radius 2 is 1.89 bits per heavy atom. The summed E-state index contributed by atoms with van der Waals surface area (Å²) < 4.78 is 5.14. The highest BCUT2D eigenvalue weighted by Gasteiger charge is 2.25. The number of thiazole rings is 1. The second-order valence-electron chi connectivity index (χ2n) is 8.96. The highest BCUT2D eigenvalue weighted by Crippen LogP contribution is 2.20. The van der Waals surface area contributed by atoms with Gasteiger partial charge < -0.3 is 30.9 Å². The quantitative estimate of drug-likeness (QED) is 0.291. The number of hydrogen-bond acceptors (Lipinski definition) is 8. The van der Waals surface area contributed by atoms with Crippen LogP contribution < -0.4 is 21.3 Å². The van der Waals surface area contributed by atoms with Gasteiger partial charge in [0.05, 0.1) is 23.1 Å². The number of thioether (sulfide) groups is 1. The lowest BCUT2D eigenvalue weighted by molar-refractivity contribution is -0.123. The number of alkyl carbamates (subject to hydrolysis) is 1. The maximum absolute atomic E-state index is 12.7. The van der Waals surface area contributed by atoms with Crippen LogP contribution in [-0.4, -0.2) is 66.6 Å². The first-order chi connectivity index (χ1) is 16.7. The maximum atomic E-state index is 12.7. The van der Waals surface area contributed by atoms with Gasteiger partial charge in [-0.1, -0.05) is 27.7 Å². The molecule has 1 unspecified atom stereocenters. The van der Waals surface area contributed by atoms with E-state index in [1.807, 2.05) is 25.4 Å². The molecule has 4 N–H and O–H groups in total. The fraction of sp³-hybridized carbons (Fsp3) is 0.652. The van der Waals surface area contributed by atoms with Crippen molar-refractivity contribution in [2.24, 2.45) is 5.92 Å². The number of rotatable bonds is 13. The maximum Gasteiger partial charge on any atom is 0.407 e. The molecule has 1 aromatic rings. The average Bonchev–Trinajstić information content (AvgIpc) is 3.50. The van der Waals surface area contributed by atoms with Gasteiger partial charge in [-0.2, -0.15) is 0 Å². The standard InChI is InChI=1S/C23H38N6O4S2/c1-15(2)19(28-22(31)29(5)11-17-13-34-21(27-17)16(3)4)20(30)25-8-6-7-9-26-23(32)33-12-18-10-24-14-35-18/h10,13,15-16,19,24H,6-9,11-12,14H2,1-5H3,(H,25,30)(H,26,32)(H,28,31). The van der Waals surface area contributed by atoms with Gasteiger partial charge in [-0.05, 0) is 18.8 Å². The van der Waals surface area contributed by atoms with Gasteiger partial charge in [0.2, 0.25) is 5.91 Å². The Morgan fingerprint density at radius 3 is 2.49 bits per heavy atom. The van der Waals surface area contributed by atoms with Crippen molar-refractivity contribution in [3.05, 3.63) is 27.2 Å². The lowest BCUT2D eigenvalue weighted by Crippen LogP contribution is -2.52. The molecule has 35 heavy (non-hydrogen) atoms. The number of amides is 4. The molecule has 2 heterocycles. The van der Waals surface area contributed by atoms with Crippen molar-refractivity contribution in [1.82, 2.24) is 31.2 Å². The van der Waals surface area contributed by atoms with Crippen molar-refractivity contribution in [1.29, 1.82) is 0 Å². The van der Waals surface area contributed by atoms with Gasteiger partial charge in [0.1, 0.15) is 12.6 Å². The minimum atomic E-state index is -0.642. The van der Waals surface area contributed by atoms with E-state index in [-0.39, 0.29) is 24.5 Å². The molecule has 0 saturated heterocycles. The molecule has 1 aliphatic rings. The number of unbranched alkanes of at least 4 members (excludes halogenated alkanes) is 1. The van der Waals surface area contributed by atoms with Crippen molar-refractivity contribution >= 4 is 41.1 Å². The zero-order valence-corrected chi connectivity index (χ0v) is 22.8. The molecule has 1 aromatic heterocycles. The number of carbonyl (C=O) groups is 3. The average molecular weight is 527 g/mol. The van der Waals surface area contributed by atoms with Crippen LogP contribution in [0.15, 0.2) is 16.5 Å². The topological polar surface area (TPSA) is 125 Å². The largest absolute Gasteiger partial charge is 0.444 e. The Hall–Kier alpha value is -2.47. The van der Waals surface area contributed by atoms with Crippen LogP contribution in [0.2, 0.25) is 0 Å². The Bertz CT molecular complexity index is 874. The smallest absolute Gasteiger partial charge is 0.407 e. The minimum Gasteiger partial charge on any atom is -0.444 e. The first-order valence-electron chi connectivity index (χ1n) is 11.9. The fourth-order valence-corrected chi connectivity index (χ4v) is 4.61. The summed E-state index contributed by atoms with van der Waals surface area (Å²) in [5.74, 6) is 0.859. The van der Waals surface area contributed by atoms with Crippen molar-refractivity contribution in [2.75, 3.05) is 32.6 Å². The molecule has 0 fully saturated rings. The number of ether oxygens (including phenoxy) is 1. The van der Waals surface area contributed by atoms with Gasteiger partial charge in [-0.3, -0.25) is 4.79 Å². The summed E-state index contributed by atoms with van der Waals surface area (Å²) in [4.78, 5) is 44.1. The molecule has 0 saturated carbocycles. The van der Waals surface area contributed by atoms with Gasteiger partial charge in [0.25, 0.3) is 0 Å². The summed E-state index contributed by atoms with van der Waals surface area (Å²) in [6.07, 6.45) is 2.78. The zero-order chi connectivity index (χ0) is 25.8. The third-order valence-corrected chi connectivity index (χ3v) is 7.27. The van der Waals surface area contributed by atoms with Crippen LogP contribution in [0, 0.1) is 5.92 Å². The molecule has 10 nitrogen and oxygen atoms in total. The van der Waals surface area contributed by atoms with E-state index in [2.05, 4.69) is 40.1 Å². The van der Waals surface area contributed by atoms with Crippen LogP contribution in [0.25, 0.3) is 0 Å². The minimum absolute atomic E-state index is 0.0704. The number of aromatic nitrogens is 1. The predicted molar refractivity (Wildman–Crippen MR) is 140 cm³/mol. The molecule has 2 rings (SSSR count). The molecule has 196 valence electrons. The van der Waals surface area contributed by atoms with E-state index in [1.54, 1.807) is 30.1 Å². The van der Waals surface area contributed by atoms with E-state index >= 15 is 0 Å². The van der Waals surface area contributed by atoms with Crippen molar-refractivity contribution in [2.45, 2.75) is 59.0 Å². The summed E-state index contributed by atoms with van der Waals surface area (Å²) >= 11 is 3.20. The van der Waals surface area contributed by atoms with Gasteiger partial charge in [-0.25, -0.2) is 14.6 Å². The molecule has 0 spiro atoms. The van der Waals surface area contributed by atoms with Crippen molar-refractivity contribution < 1.29 is 19.1 Å². The van der Waals surface area contributed by atoms with Gasteiger partial charge in [-0.15, -0.1) is 23.1 Å². The molecule has 0 aromatic carbocycles. The SMILES string of the molecule is CC(C)c1nc(CN(C)C(=O)NC(C(=O)NCCCCNC(=O)OCC2=CNCS2)C(C)C)cs1. The van der Waals surface area contributed by atoms with Gasteiger partial charge >= 0.3 is 12.1 Å². The first kappa shape index (κ1) is 28.8. The number of urea groups is 1. The highest BCUT2D eigenvalue weighted by molar-refractivity contribution is 8.03.